The maximum atomic E-state index is 13.9. The molecule has 1 fully saturated rings. The number of aliphatic hydroxyl groups is 1. The summed E-state index contributed by atoms with van der Waals surface area (Å²) in [5.74, 6) is -2.55. The molecular formula is C38H43NO9. The SMILES string of the molecule is C=CC[C@@H](Cc1ccccc1)C(=O)O[C@@H]1[C@H](OC(=O)[C@@H](CC=C)Cc2ccccc2)[C@@H](OC)O[C@H](CO)[C@H]1OC(=O)Nc1ccccc1. The number of ether oxygens (including phenoxy) is 5. The van der Waals surface area contributed by atoms with Crippen LogP contribution in [0.5, 0.6) is 0 Å². The van der Waals surface area contributed by atoms with Crippen molar-refractivity contribution in [1.82, 2.24) is 0 Å². The number of carbonyl (C=O) groups excluding carboxylic acids is 3. The number of benzene rings is 3. The highest BCUT2D eigenvalue weighted by atomic mass is 16.7. The van der Waals surface area contributed by atoms with Crippen LogP contribution in [0, 0.1) is 11.8 Å². The Morgan fingerprint density at radius 1 is 0.750 bits per heavy atom. The number of hydrogen-bond donors (Lipinski definition) is 2. The number of allylic oxidation sites excluding steroid dienone is 2. The summed E-state index contributed by atoms with van der Waals surface area (Å²) in [6.45, 7) is 6.99. The summed E-state index contributed by atoms with van der Waals surface area (Å²) in [6.07, 6.45) is -2.98. The zero-order valence-electron chi connectivity index (χ0n) is 27.0. The highest BCUT2D eigenvalue weighted by Crippen LogP contribution is 2.32. The number of rotatable bonds is 16. The molecule has 10 heteroatoms. The quantitative estimate of drug-likeness (QED) is 0.114. The molecular weight excluding hydrogens is 614 g/mol. The van der Waals surface area contributed by atoms with Crippen molar-refractivity contribution in [2.24, 2.45) is 11.8 Å². The third-order valence-corrected chi connectivity index (χ3v) is 7.99. The molecule has 7 atom stereocenters. The molecule has 4 rings (SSSR count). The van der Waals surface area contributed by atoms with Gasteiger partial charge in [0.1, 0.15) is 6.10 Å². The largest absolute Gasteiger partial charge is 0.454 e. The van der Waals surface area contributed by atoms with Gasteiger partial charge in [0.2, 0.25) is 0 Å². The Hall–Kier alpha value is -4.77. The summed E-state index contributed by atoms with van der Waals surface area (Å²) in [7, 11) is 1.34. The van der Waals surface area contributed by atoms with Gasteiger partial charge in [-0.15, -0.1) is 13.2 Å². The lowest BCUT2D eigenvalue weighted by Crippen LogP contribution is -2.63. The van der Waals surface area contributed by atoms with E-state index in [-0.39, 0.29) is 6.42 Å². The number of amides is 1. The number of nitrogens with one attached hydrogen (secondary N) is 1. The maximum Gasteiger partial charge on any atom is 0.412 e. The number of aliphatic hydroxyl groups excluding tert-OH is 1. The van der Waals surface area contributed by atoms with Crippen LogP contribution < -0.4 is 5.32 Å². The summed E-state index contributed by atoms with van der Waals surface area (Å²) in [6, 6.07) is 27.5. The lowest BCUT2D eigenvalue weighted by molar-refractivity contribution is -0.300. The molecule has 3 aromatic rings. The molecule has 1 saturated heterocycles. The Morgan fingerprint density at radius 2 is 1.23 bits per heavy atom. The topological polar surface area (TPSA) is 130 Å². The van der Waals surface area contributed by atoms with Gasteiger partial charge in [-0.25, -0.2) is 4.79 Å². The van der Waals surface area contributed by atoms with Crippen LogP contribution in [0.1, 0.15) is 24.0 Å². The third kappa shape index (κ3) is 10.1. The minimum absolute atomic E-state index is 0.289. The molecule has 0 aliphatic carbocycles. The number of anilines is 1. The van der Waals surface area contributed by atoms with Gasteiger partial charge in [-0.3, -0.25) is 14.9 Å². The summed E-state index contributed by atoms with van der Waals surface area (Å²) in [5, 5.41) is 13.0. The number of hydrogen-bond acceptors (Lipinski definition) is 9. The Bertz CT molecular complexity index is 1470. The predicted molar refractivity (Wildman–Crippen MR) is 180 cm³/mol. The van der Waals surface area contributed by atoms with E-state index in [1.54, 1.807) is 42.5 Å². The second-order valence-electron chi connectivity index (χ2n) is 11.4. The van der Waals surface area contributed by atoms with E-state index in [1.807, 2.05) is 60.7 Å². The first-order valence-corrected chi connectivity index (χ1v) is 15.9. The van der Waals surface area contributed by atoms with Crippen LogP contribution in [0.25, 0.3) is 0 Å². The molecule has 10 nitrogen and oxygen atoms in total. The second-order valence-corrected chi connectivity index (χ2v) is 11.4. The molecule has 0 unspecified atom stereocenters. The van der Waals surface area contributed by atoms with Gasteiger partial charge in [-0.1, -0.05) is 91.0 Å². The zero-order chi connectivity index (χ0) is 34.3. The summed E-state index contributed by atoms with van der Waals surface area (Å²) >= 11 is 0. The lowest BCUT2D eigenvalue weighted by Gasteiger charge is -2.44. The first-order valence-electron chi connectivity index (χ1n) is 15.9. The molecule has 1 aliphatic heterocycles. The zero-order valence-corrected chi connectivity index (χ0v) is 27.0. The van der Waals surface area contributed by atoms with E-state index in [1.165, 1.54) is 7.11 Å². The molecule has 1 aliphatic rings. The van der Waals surface area contributed by atoms with Crippen LogP contribution in [-0.2, 0) is 46.1 Å². The second kappa shape index (κ2) is 18.5. The van der Waals surface area contributed by atoms with E-state index in [4.69, 9.17) is 23.7 Å². The van der Waals surface area contributed by atoms with E-state index in [9.17, 15) is 19.5 Å². The average molecular weight is 658 g/mol. The fourth-order valence-electron chi connectivity index (χ4n) is 5.60. The standard InChI is InChI=1S/C38H43NO9/c1-4-15-28(23-26-17-9-6-10-18-26)35(41)46-33-32(48-38(43)39-30-21-13-8-14-22-30)31(25-40)45-37(44-3)34(33)47-36(42)29(16-5-2)24-27-19-11-7-12-20-27/h4-14,17-22,28-29,31-34,37,40H,1-2,15-16,23-25H2,3H3,(H,39,43)/t28-,29-,31+,32+,33-,34-,37-/m0/s1. The monoisotopic (exact) mass is 657 g/mol. The number of esters is 2. The van der Waals surface area contributed by atoms with Crippen molar-refractivity contribution in [2.75, 3.05) is 19.0 Å². The van der Waals surface area contributed by atoms with E-state index in [0.717, 1.165) is 11.1 Å². The molecule has 1 amide bonds. The molecule has 3 aromatic carbocycles. The molecule has 0 bridgehead atoms. The molecule has 0 spiro atoms. The van der Waals surface area contributed by atoms with Crippen molar-refractivity contribution in [3.05, 3.63) is 127 Å². The van der Waals surface area contributed by atoms with Crippen molar-refractivity contribution in [3.8, 4) is 0 Å². The third-order valence-electron chi connectivity index (χ3n) is 7.99. The fraction of sp³-hybridized carbons (Fsp3) is 0.342. The molecule has 254 valence electrons. The molecule has 1 heterocycles. The summed E-state index contributed by atoms with van der Waals surface area (Å²) < 4.78 is 29.5. The molecule has 0 radical (unpaired) electrons. The predicted octanol–water partition coefficient (Wildman–Crippen LogP) is 5.66. The Balaban J connectivity index is 1.66. The number of methoxy groups -OCH3 is 1. The smallest absolute Gasteiger partial charge is 0.412 e. The summed E-state index contributed by atoms with van der Waals surface area (Å²) in [4.78, 5) is 40.8. The van der Waals surface area contributed by atoms with Crippen LogP contribution in [0.15, 0.2) is 116 Å². The van der Waals surface area contributed by atoms with Crippen molar-refractivity contribution in [1.29, 1.82) is 0 Å². The van der Waals surface area contributed by atoms with Crippen LogP contribution in [0.3, 0.4) is 0 Å². The lowest BCUT2D eigenvalue weighted by atomic mass is 9.94. The number of para-hydroxylation sites is 1. The molecule has 48 heavy (non-hydrogen) atoms. The first-order chi connectivity index (χ1) is 23.4. The van der Waals surface area contributed by atoms with Gasteiger partial charge in [0.25, 0.3) is 0 Å². The van der Waals surface area contributed by atoms with Crippen LogP contribution in [-0.4, -0.2) is 67.6 Å². The van der Waals surface area contributed by atoms with Crippen molar-refractivity contribution in [2.45, 2.75) is 56.4 Å². The minimum atomic E-state index is -1.41. The van der Waals surface area contributed by atoms with E-state index in [0.29, 0.717) is 24.9 Å². The highest BCUT2D eigenvalue weighted by Gasteiger charge is 2.53. The summed E-state index contributed by atoms with van der Waals surface area (Å²) in [5.41, 5.74) is 2.27. The fourth-order valence-corrected chi connectivity index (χ4v) is 5.60. The maximum absolute atomic E-state index is 13.9. The van der Waals surface area contributed by atoms with Crippen molar-refractivity contribution >= 4 is 23.7 Å². The van der Waals surface area contributed by atoms with E-state index >= 15 is 0 Å². The van der Waals surface area contributed by atoms with Gasteiger partial charge in [-0.05, 0) is 48.9 Å². The van der Waals surface area contributed by atoms with Crippen LogP contribution in [0.4, 0.5) is 10.5 Å². The van der Waals surface area contributed by atoms with Gasteiger partial charge in [0.05, 0.1) is 18.4 Å². The van der Waals surface area contributed by atoms with Gasteiger partial charge in [0.15, 0.2) is 24.6 Å². The molecule has 0 saturated carbocycles. The van der Waals surface area contributed by atoms with E-state index in [2.05, 4.69) is 18.5 Å². The van der Waals surface area contributed by atoms with Gasteiger partial charge in [-0.2, -0.15) is 0 Å². The Labute approximate surface area is 281 Å². The Morgan fingerprint density at radius 3 is 1.69 bits per heavy atom. The van der Waals surface area contributed by atoms with Gasteiger partial charge >= 0.3 is 18.0 Å². The first kappa shape index (κ1) is 36.1. The van der Waals surface area contributed by atoms with Gasteiger partial charge < -0.3 is 28.8 Å². The van der Waals surface area contributed by atoms with Crippen LogP contribution >= 0.6 is 0 Å². The normalized spacial score (nSPS) is 21.6. The Kier molecular flexibility index (Phi) is 13.9. The number of carbonyl (C=O) groups is 3. The van der Waals surface area contributed by atoms with Crippen molar-refractivity contribution in [3.63, 3.8) is 0 Å². The van der Waals surface area contributed by atoms with Crippen LogP contribution in [0.2, 0.25) is 0 Å². The van der Waals surface area contributed by atoms with Gasteiger partial charge in [0, 0.05) is 12.8 Å². The minimum Gasteiger partial charge on any atom is -0.454 e. The van der Waals surface area contributed by atoms with E-state index < -0.39 is 67.2 Å². The van der Waals surface area contributed by atoms with Crippen molar-refractivity contribution < 1.29 is 43.2 Å². The highest BCUT2D eigenvalue weighted by molar-refractivity contribution is 5.84. The molecule has 2 N–H and O–H groups in total. The molecule has 0 aromatic heterocycles. The average Bonchev–Trinajstić information content (AvgIpc) is 3.10.